The number of rotatable bonds is 10. The Hall–Kier alpha value is -3.66. The van der Waals surface area contributed by atoms with E-state index < -0.39 is 63.2 Å². The zero-order valence-corrected chi connectivity index (χ0v) is 21.7. The fraction of sp³-hybridized carbons (Fsp3) is 0.375. The van der Waals surface area contributed by atoms with Crippen molar-refractivity contribution < 1.29 is 39.5 Å². The molecule has 0 spiro atoms. The predicted octanol–water partition coefficient (Wildman–Crippen LogP) is 4.65. The number of alkyl halides is 3. The molecular formula is C24H24F6N6O3S. The van der Waals surface area contributed by atoms with Crippen molar-refractivity contribution in [2.24, 2.45) is 0 Å². The molecule has 216 valence electrons. The molecule has 40 heavy (non-hydrogen) atoms. The Labute approximate surface area is 225 Å². The molecule has 0 unspecified atom stereocenters. The van der Waals surface area contributed by atoms with Crippen LogP contribution in [0.1, 0.15) is 19.8 Å². The number of hydrogen-bond donors (Lipinski definition) is 3. The summed E-state index contributed by atoms with van der Waals surface area (Å²) in [6.45, 7) is 1.76. The summed E-state index contributed by atoms with van der Waals surface area (Å²) in [6.07, 6.45) is 1.02. The van der Waals surface area contributed by atoms with E-state index in [1.807, 2.05) is 0 Å². The second kappa shape index (κ2) is 11.8. The number of anilines is 2. The smallest absolute Gasteiger partial charge is 0.263 e. The highest BCUT2D eigenvalue weighted by Crippen LogP contribution is 2.36. The van der Waals surface area contributed by atoms with Crippen LogP contribution in [0.2, 0.25) is 0 Å². The molecule has 1 aromatic carbocycles. The number of hydrogen-bond acceptors (Lipinski definition) is 8. The van der Waals surface area contributed by atoms with E-state index in [9.17, 15) is 34.8 Å². The van der Waals surface area contributed by atoms with Gasteiger partial charge in [0.05, 0.1) is 11.3 Å². The molecule has 1 fully saturated rings. The Morgan fingerprint density at radius 2 is 1.90 bits per heavy atom. The summed E-state index contributed by atoms with van der Waals surface area (Å²) in [5, 5.41) is 5.95. The van der Waals surface area contributed by atoms with Crippen LogP contribution in [0.4, 0.5) is 38.0 Å². The Balaban J connectivity index is 1.59. The molecule has 0 aliphatic carbocycles. The highest BCUT2D eigenvalue weighted by atomic mass is 32.2. The van der Waals surface area contributed by atoms with Crippen LogP contribution in [0.25, 0.3) is 11.3 Å². The van der Waals surface area contributed by atoms with Crippen LogP contribution in [-0.2, 0) is 10.0 Å². The first-order valence-corrected chi connectivity index (χ1v) is 13.7. The molecule has 3 heterocycles. The maximum Gasteiger partial charge on any atom is 0.263 e. The minimum absolute atomic E-state index is 0.154. The topological polar surface area (TPSA) is 118 Å². The maximum absolute atomic E-state index is 14.8. The van der Waals surface area contributed by atoms with Crippen molar-refractivity contribution in [3.8, 4) is 22.9 Å². The monoisotopic (exact) mass is 590 g/mol. The van der Waals surface area contributed by atoms with Crippen LogP contribution in [0.5, 0.6) is 11.6 Å². The van der Waals surface area contributed by atoms with E-state index in [0.717, 1.165) is 6.92 Å². The summed E-state index contributed by atoms with van der Waals surface area (Å²) in [7, 11) is -4.94. The zero-order chi connectivity index (χ0) is 29.1. The lowest BCUT2D eigenvalue weighted by atomic mass is 10.1. The molecule has 0 bridgehead atoms. The van der Waals surface area contributed by atoms with Gasteiger partial charge < -0.3 is 15.4 Å². The largest absolute Gasteiger partial charge is 0.435 e. The van der Waals surface area contributed by atoms with Crippen molar-refractivity contribution in [3.05, 3.63) is 54.1 Å². The summed E-state index contributed by atoms with van der Waals surface area (Å²) < 4.78 is 116. The lowest BCUT2D eigenvalue weighted by molar-refractivity contribution is 0.0219. The number of halogens is 6. The zero-order valence-electron chi connectivity index (χ0n) is 20.9. The molecule has 9 nitrogen and oxygen atoms in total. The van der Waals surface area contributed by atoms with Gasteiger partial charge >= 0.3 is 0 Å². The van der Waals surface area contributed by atoms with Gasteiger partial charge in [0.2, 0.25) is 27.7 Å². The van der Waals surface area contributed by atoms with E-state index in [4.69, 9.17) is 4.74 Å². The first-order valence-electron chi connectivity index (χ1n) is 12.0. The average molecular weight is 591 g/mol. The molecule has 2 aromatic heterocycles. The van der Waals surface area contributed by atoms with Gasteiger partial charge in [0.15, 0.2) is 17.4 Å². The van der Waals surface area contributed by atoms with E-state index in [0.29, 0.717) is 12.6 Å². The van der Waals surface area contributed by atoms with Crippen molar-refractivity contribution >= 4 is 21.7 Å². The standard InChI is InChI=1S/C24H24F6N6O3S/c1-2-24(29,30)12-40(37,38)36-21-16(26)9-18(19(27)20(21)28)39-22-15(4-3-6-32-22)17-5-7-33-23(35-17)34-14-8-13(25)10-31-11-14/h3-7,9,13-14,31,36H,2,8,10-12H2,1H3,(H,33,34,35)/t13-,14-/m0/s1. The molecular weight excluding hydrogens is 566 g/mol. The Bertz CT molecular complexity index is 1480. The molecule has 4 rings (SSSR count). The van der Waals surface area contributed by atoms with E-state index >= 15 is 0 Å². The molecule has 1 aliphatic rings. The lowest BCUT2D eigenvalue weighted by Gasteiger charge is -2.26. The summed E-state index contributed by atoms with van der Waals surface area (Å²) in [5.41, 5.74) is -1.08. The summed E-state index contributed by atoms with van der Waals surface area (Å²) in [5.74, 6) is -12.0. The molecule has 2 atom stereocenters. The van der Waals surface area contributed by atoms with Crippen LogP contribution in [0, 0.1) is 17.5 Å². The van der Waals surface area contributed by atoms with Gasteiger partial charge in [-0.05, 0) is 18.2 Å². The van der Waals surface area contributed by atoms with Gasteiger partial charge in [-0.2, -0.15) is 4.39 Å². The molecule has 3 N–H and O–H groups in total. The van der Waals surface area contributed by atoms with Gasteiger partial charge in [-0.25, -0.2) is 45.3 Å². The Morgan fingerprint density at radius 3 is 2.62 bits per heavy atom. The SMILES string of the molecule is CCC(F)(F)CS(=O)(=O)Nc1c(F)cc(Oc2ncccc2-c2ccnc(N[C@@H]3CNC[C@@H](F)C3)n2)c(F)c1F. The number of sulfonamides is 1. The van der Waals surface area contributed by atoms with E-state index in [1.54, 1.807) is 0 Å². The molecule has 1 saturated heterocycles. The minimum atomic E-state index is -4.94. The number of aromatic nitrogens is 3. The van der Waals surface area contributed by atoms with Crippen LogP contribution in [-0.4, -0.2) is 60.3 Å². The minimum Gasteiger partial charge on any atom is -0.435 e. The summed E-state index contributed by atoms with van der Waals surface area (Å²) in [4.78, 5) is 12.4. The second-order valence-electron chi connectivity index (χ2n) is 8.99. The number of nitrogens with one attached hydrogen (secondary N) is 3. The normalized spacial score (nSPS) is 17.9. The highest BCUT2D eigenvalue weighted by molar-refractivity contribution is 7.92. The highest BCUT2D eigenvalue weighted by Gasteiger charge is 2.35. The van der Waals surface area contributed by atoms with E-state index in [1.165, 1.54) is 35.3 Å². The molecule has 3 aromatic rings. The first-order chi connectivity index (χ1) is 18.9. The van der Waals surface area contributed by atoms with Gasteiger partial charge in [-0.1, -0.05) is 6.92 Å². The van der Waals surface area contributed by atoms with E-state index in [2.05, 4.69) is 25.6 Å². The maximum atomic E-state index is 14.8. The van der Waals surface area contributed by atoms with Gasteiger partial charge in [-0.15, -0.1) is 0 Å². The lowest BCUT2D eigenvalue weighted by Crippen LogP contribution is -2.44. The van der Waals surface area contributed by atoms with Crippen molar-refractivity contribution in [1.82, 2.24) is 20.3 Å². The van der Waals surface area contributed by atoms with Crippen molar-refractivity contribution in [1.29, 1.82) is 0 Å². The molecule has 0 radical (unpaired) electrons. The van der Waals surface area contributed by atoms with Crippen LogP contribution in [0.3, 0.4) is 0 Å². The van der Waals surface area contributed by atoms with Crippen molar-refractivity contribution in [2.75, 3.05) is 28.9 Å². The van der Waals surface area contributed by atoms with Gasteiger partial charge in [-0.3, -0.25) is 4.72 Å². The number of pyridine rings is 1. The summed E-state index contributed by atoms with van der Waals surface area (Å²) >= 11 is 0. The fourth-order valence-corrected chi connectivity index (χ4v) is 5.17. The van der Waals surface area contributed by atoms with Gasteiger partial charge in [0.1, 0.15) is 17.6 Å². The van der Waals surface area contributed by atoms with Crippen LogP contribution in [0.15, 0.2) is 36.7 Å². The predicted molar refractivity (Wildman–Crippen MR) is 134 cm³/mol. The van der Waals surface area contributed by atoms with Gasteiger partial charge in [0, 0.05) is 50.4 Å². The first kappa shape index (κ1) is 29.3. The quantitative estimate of drug-likeness (QED) is 0.231. The van der Waals surface area contributed by atoms with Crippen LogP contribution < -0.4 is 20.1 Å². The Morgan fingerprint density at radius 1 is 1.12 bits per heavy atom. The fourth-order valence-electron chi connectivity index (χ4n) is 3.84. The third-order valence-corrected chi connectivity index (χ3v) is 7.16. The molecule has 1 aliphatic heterocycles. The Kier molecular flexibility index (Phi) is 8.68. The summed E-state index contributed by atoms with van der Waals surface area (Å²) in [6, 6.07) is 4.51. The van der Waals surface area contributed by atoms with Crippen LogP contribution >= 0.6 is 0 Å². The molecule has 16 heteroatoms. The van der Waals surface area contributed by atoms with Crippen molar-refractivity contribution in [3.63, 3.8) is 0 Å². The third-order valence-electron chi connectivity index (χ3n) is 5.84. The van der Waals surface area contributed by atoms with E-state index in [-0.39, 0.29) is 42.1 Å². The van der Waals surface area contributed by atoms with Gasteiger partial charge in [0.25, 0.3) is 5.92 Å². The number of nitrogens with zero attached hydrogens (tertiary/aromatic N) is 3. The number of piperidine rings is 1. The third kappa shape index (κ3) is 7.10. The molecule has 0 saturated carbocycles. The number of ether oxygens (including phenoxy) is 1. The second-order valence-corrected chi connectivity index (χ2v) is 10.7. The molecule has 0 amide bonds. The van der Waals surface area contributed by atoms with Crippen molar-refractivity contribution in [2.45, 2.75) is 37.9 Å². The number of benzene rings is 1. The average Bonchev–Trinajstić information content (AvgIpc) is 2.89.